The van der Waals surface area contributed by atoms with Gasteiger partial charge in [0.1, 0.15) is 11.6 Å². The van der Waals surface area contributed by atoms with Gasteiger partial charge < -0.3 is 15.0 Å². The lowest BCUT2D eigenvalue weighted by molar-refractivity contribution is 0.102. The molecule has 0 spiro atoms. The predicted octanol–water partition coefficient (Wildman–Crippen LogP) is 3.33. The zero-order valence-corrected chi connectivity index (χ0v) is 13.3. The van der Waals surface area contributed by atoms with Gasteiger partial charge in [-0.05, 0) is 44.0 Å². The van der Waals surface area contributed by atoms with Gasteiger partial charge in [0.2, 0.25) is 0 Å². The number of para-hydroxylation sites is 2. The number of benzene rings is 1. The van der Waals surface area contributed by atoms with E-state index in [1.165, 1.54) is 0 Å². The van der Waals surface area contributed by atoms with Gasteiger partial charge in [0.15, 0.2) is 0 Å². The molecule has 1 aliphatic heterocycles. The molecule has 1 fully saturated rings. The van der Waals surface area contributed by atoms with Crippen molar-refractivity contribution in [3.05, 3.63) is 48.2 Å². The highest BCUT2D eigenvalue weighted by atomic mass is 16.5. The Balaban J connectivity index is 1.84. The maximum absolute atomic E-state index is 12.7. The van der Waals surface area contributed by atoms with Crippen LogP contribution in [0.25, 0.3) is 0 Å². The summed E-state index contributed by atoms with van der Waals surface area (Å²) in [5.74, 6) is 1.28. The summed E-state index contributed by atoms with van der Waals surface area (Å²) in [5.41, 5.74) is 1.27. The third kappa shape index (κ3) is 3.44. The average molecular weight is 311 g/mol. The summed E-state index contributed by atoms with van der Waals surface area (Å²) in [6, 6.07) is 11.1. The molecule has 23 heavy (non-hydrogen) atoms. The molecule has 2 aromatic rings. The van der Waals surface area contributed by atoms with Crippen LogP contribution >= 0.6 is 0 Å². The molecule has 1 aromatic heterocycles. The highest BCUT2D eigenvalue weighted by Gasteiger charge is 2.21. The van der Waals surface area contributed by atoms with Crippen molar-refractivity contribution in [1.82, 2.24) is 4.98 Å². The van der Waals surface area contributed by atoms with E-state index in [4.69, 9.17) is 4.74 Å². The number of rotatable bonds is 5. The summed E-state index contributed by atoms with van der Waals surface area (Å²) in [5, 5.41) is 2.94. The van der Waals surface area contributed by atoms with E-state index in [0.717, 1.165) is 31.7 Å². The molecule has 1 aliphatic rings. The van der Waals surface area contributed by atoms with Crippen LogP contribution in [-0.4, -0.2) is 30.6 Å². The summed E-state index contributed by atoms with van der Waals surface area (Å²) >= 11 is 0. The molecule has 2 heterocycles. The lowest BCUT2D eigenvalue weighted by Crippen LogP contribution is -2.24. The average Bonchev–Trinajstić information content (AvgIpc) is 3.11. The van der Waals surface area contributed by atoms with Crippen LogP contribution in [0.4, 0.5) is 11.5 Å². The van der Waals surface area contributed by atoms with Crippen LogP contribution in [0.15, 0.2) is 42.6 Å². The number of carbonyl (C=O) groups excluding carboxylic acids is 1. The maximum atomic E-state index is 12.7. The van der Waals surface area contributed by atoms with Crippen LogP contribution in [0.2, 0.25) is 0 Å². The summed E-state index contributed by atoms with van der Waals surface area (Å²) in [6.45, 7) is 4.38. The fourth-order valence-electron chi connectivity index (χ4n) is 2.80. The number of carbonyl (C=O) groups is 1. The third-order valence-electron chi connectivity index (χ3n) is 3.87. The molecule has 1 amide bonds. The van der Waals surface area contributed by atoms with Crippen molar-refractivity contribution in [3.63, 3.8) is 0 Å². The molecule has 1 N–H and O–H groups in total. The summed E-state index contributed by atoms with van der Waals surface area (Å²) in [6.07, 6.45) is 4.02. The van der Waals surface area contributed by atoms with Gasteiger partial charge >= 0.3 is 0 Å². The number of pyridine rings is 1. The first-order valence-corrected chi connectivity index (χ1v) is 8.02. The van der Waals surface area contributed by atoms with E-state index in [2.05, 4.69) is 15.2 Å². The highest BCUT2D eigenvalue weighted by Crippen LogP contribution is 2.26. The normalized spacial score (nSPS) is 13.9. The minimum atomic E-state index is -0.160. The molecular formula is C18H21N3O2. The number of nitrogens with zero attached hydrogens (tertiary/aromatic N) is 2. The number of aromatic nitrogens is 1. The van der Waals surface area contributed by atoms with E-state index in [9.17, 15) is 4.79 Å². The minimum absolute atomic E-state index is 0.160. The van der Waals surface area contributed by atoms with Crippen LogP contribution in [0.1, 0.15) is 30.1 Å². The molecule has 5 heteroatoms. The van der Waals surface area contributed by atoms with Gasteiger partial charge in [0, 0.05) is 19.3 Å². The van der Waals surface area contributed by atoms with Gasteiger partial charge in [-0.15, -0.1) is 0 Å². The lowest BCUT2D eigenvalue weighted by Gasteiger charge is -2.19. The van der Waals surface area contributed by atoms with E-state index >= 15 is 0 Å². The Labute approximate surface area is 136 Å². The molecule has 0 unspecified atom stereocenters. The Hall–Kier alpha value is -2.56. The zero-order chi connectivity index (χ0) is 16.1. The van der Waals surface area contributed by atoms with Crippen LogP contribution in [0.3, 0.4) is 0 Å². The molecule has 1 aromatic carbocycles. The first-order valence-electron chi connectivity index (χ1n) is 8.02. The second-order valence-corrected chi connectivity index (χ2v) is 5.45. The standard InChI is InChI=1S/C18H21N3O2/c1-2-23-16-10-4-3-9-15(16)20-18(22)14-8-7-11-19-17(14)21-12-5-6-13-21/h3-4,7-11H,2,5-6,12-13H2,1H3,(H,20,22). The van der Waals surface area contributed by atoms with Gasteiger partial charge in [-0.2, -0.15) is 0 Å². The monoisotopic (exact) mass is 311 g/mol. The number of ether oxygens (including phenoxy) is 1. The first kappa shape index (κ1) is 15.3. The van der Waals surface area contributed by atoms with Crippen LogP contribution in [0, 0.1) is 0 Å². The van der Waals surface area contributed by atoms with Crippen molar-refractivity contribution >= 4 is 17.4 Å². The molecular weight excluding hydrogens is 290 g/mol. The zero-order valence-electron chi connectivity index (χ0n) is 13.3. The number of anilines is 2. The van der Waals surface area contributed by atoms with Crippen molar-refractivity contribution in [3.8, 4) is 5.75 Å². The van der Waals surface area contributed by atoms with Crippen LogP contribution in [0.5, 0.6) is 5.75 Å². The SMILES string of the molecule is CCOc1ccccc1NC(=O)c1cccnc1N1CCCC1. The summed E-state index contributed by atoms with van der Waals surface area (Å²) < 4.78 is 5.56. The van der Waals surface area contributed by atoms with E-state index in [-0.39, 0.29) is 5.91 Å². The summed E-state index contributed by atoms with van der Waals surface area (Å²) in [4.78, 5) is 19.3. The van der Waals surface area contributed by atoms with E-state index in [0.29, 0.717) is 23.6 Å². The van der Waals surface area contributed by atoms with Crippen molar-refractivity contribution in [2.75, 3.05) is 29.9 Å². The molecule has 0 saturated carbocycles. The number of amides is 1. The Bertz CT molecular complexity index is 681. The maximum Gasteiger partial charge on any atom is 0.259 e. The van der Waals surface area contributed by atoms with Crippen molar-refractivity contribution in [1.29, 1.82) is 0 Å². The fraction of sp³-hybridized carbons (Fsp3) is 0.333. The fourth-order valence-corrected chi connectivity index (χ4v) is 2.80. The molecule has 0 aliphatic carbocycles. The quantitative estimate of drug-likeness (QED) is 0.920. The molecule has 0 bridgehead atoms. The minimum Gasteiger partial charge on any atom is -0.492 e. The third-order valence-corrected chi connectivity index (χ3v) is 3.87. The first-order chi connectivity index (χ1) is 11.3. The number of hydrogen-bond acceptors (Lipinski definition) is 4. The Morgan fingerprint density at radius 3 is 2.78 bits per heavy atom. The number of nitrogens with one attached hydrogen (secondary N) is 1. The highest BCUT2D eigenvalue weighted by molar-refractivity contribution is 6.08. The van der Waals surface area contributed by atoms with Crippen LogP contribution in [-0.2, 0) is 0 Å². The molecule has 3 rings (SSSR count). The molecule has 120 valence electrons. The Kier molecular flexibility index (Phi) is 4.76. The van der Waals surface area contributed by atoms with E-state index in [1.54, 1.807) is 12.3 Å². The smallest absolute Gasteiger partial charge is 0.259 e. The molecule has 0 atom stereocenters. The number of hydrogen-bond donors (Lipinski definition) is 1. The lowest BCUT2D eigenvalue weighted by atomic mass is 10.2. The summed E-state index contributed by atoms with van der Waals surface area (Å²) in [7, 11) is 0. The largest absolute Gasteiger partial charge is 0.492 e. The molecule has 5 nitrogen and oxygen atoms in total. The van der Waals surface area contributed by atoms with Crippen molar-refractivity contribution in [2.24, 2.45) is 0 Å². The Morgan fingerprint density at radius 2 is 2.00 bits per heavy atom. The van der Waals surface area contributed by atoms with E-state index in [1.807, 2.05) is 37.3 Å². The topological polar surface area (TPSA) is 54.5 Å². The van der Waals surface area contributed by atoms with Crippen LogP contribution < -0.4 is 15.0 Å². The van der Waals surface area contributed by atoms with Crippen molar-refractivity contribution in [2.45, 2.75) is 19.8 Å². The second kappa shape index (κ2) is 7.13. The Morgan fingerprint density at radius 1 is 1.22 bits per heavy atom. The van der Waals surface area contributed by atoms with Gasteiger partial charge in [-0.3, -0.25) is 4.79 Å². The van der Waals surface area contributed by atoms with Gasteiger partial charge in [0.05, 0.1) is 17.9 Å². The van der Waals surface area contributed by atoms with Crippen molar-refractivity contribution < 1.29 is 9.53 Å². The van der Waals surface area contributed by atoms with Gasteiger partial charge in [0.25, 0.3) is 5.91 Å². The van der Waals surface area contributed by atoms with Gasteiger partial charge in [-0.1, -0.05) is 12.1 Å². The molecule has 1 saturated heterocycles. The predicted molar refractivity (Wildman–Crippen MR) is 91.2 cm³/mol. The second-order valence-electron chi connectivity index (χ2n) is 5.45. The van der Waals surface area contributed by atoms with Gasteiger partial charge in [-0.25, -0.2) is 4.98 Å². The molecule has 0 radical (unpaired) electrons. The van der Waals surface area contributed by atoms with E-state index < -0.39 is 0 Å².